The van der Waals surface area contributed by atoms with E-state index in [2.05, 4.69) is 5.32 Å². The molecule has 92 valence electrons. The van der Waals surface area contributed by atoms with E-state index in [9.17, 15) is 4.79 Å². The van der Waals surface area contributed by atoms with Gasteiger partial charge in [-0.1, -0.05) is 12.1 Å². The van der Waals surface area contributed by atoms with Gasteiger partial charge in [-0.05, 0) is 12.1 Å². The van der Waals surface area contributed by atoms with Gasteiger partial charge < -0.3 is 19.7 Å². The maximum atomic E-state index is 11.3. The molecule has 0 saturated carbocycles. The van der Waals surface area contributed by atoms with Crippen molar-refractivity contribution in [3.8, 4) is 11.5 Å². The summed E-state index contributed by atoms with van der Waals surface area (Å²) >= 11 is 0. The second-order valence-corrected chi connectivity index (χ2v) is 3.72. The first-order valence-corrected chi connectivity index (χ1v) is 5.60. The zero-order chi connectivity index (χ0) is 12.1. The fourth-order valence-electron chi connectivity index (χ4n) is 1.73. The minimum atomic E-state index is -0.0198. The molecule has 0 unspecified atom stereocenters. The summed E-state index contributed by atoms with van der Waals surface area (Å²) in [4.78, 5) is 13.0. The molecule has 0 aromatic heterocycles. The normalized spacial score (nSPS) is 14.6. The van der Waals surface area contributed by atoms with Crippen molar-refractivity contribution >= 4 is 6.03 Å². The fraction of sp³-hybridized carbons (Fsp3) is 0.417. The molecule has 17 heavy (non-hydrogen) atoms. The molecule has 1 aromatic rings. The molecule has 0 aliphatic carbocycles. The van der Waals surface area contributed by atoms with E-state index in [4.69, 9.17) is 9.47 Å². The van der Waals surface area contributed by atoms with Crippen molar-refractivity contribution in [2.45, 2.75) is 0 Å². The van der Waals surface area contributed by atoms with Gasteiger partial charge in [0.15, 0.2) is 11.5 Å². The number of amides is 2. The monoisotopic (exact) mass is 236 g/mol. The summed E-state index contributed by atoms with van der Waals surface area (Å²) in [6, 6.07) is 7.45. The average molecular weight is 236 g/mol. The average Bonchev–Trinajstić information content (AvgIpc) is 2.76. The predicted molar refractivity (Wildman–Crippen MR) is 63.5 cm³/mol. The van der Waals surface area contributed by atoms with E-state index in [1.54, 1.807) is 12.0 Å². The second kappa shape index (κ2) is 5.43. The van der Waals surface area contributed by atoms with Gasteiger partial charge in [-0.25, -0.2) is 4.79 Å². The molecule has 0 radical (unpaired) electrons. The number of nitrogens with one attached hydrogen (secondary N) is 1. The van der Waals surface area contributed by atoms with Crippen LogP contribution in [-0.4, -0.2) is 44.3 Å². The van der Waals surface area contributed by atoms with Crippen LogP contribution in [0, 0.1) is 0 Å². The number of carbonyl (C=O) groups is 1. The van der Waals surface area contributed by atoms with Crippen molar-refractivity contribution in [3.05, 3.63) is 24.3 Å². The van der Waals surface area contributed by atoms with Crippen molar-refractivity contribution in [2.75, 3.05) is 33.4 Å². The van der Waals surface area contributed by atoms with Gasteiger partial charge >= 0.3 is 6.03 Å². The first kappa shape index (κ1) is 11.6. The minimum absolute atomic E-state index is 0.0198. The van der Waals surface area contributed by atoms with Gasteiger partial charge in [0.25, 0.3) is 0 Å². The zero-order valence-electron chi connectivity index (χ0n) is 9.81. The summed E-state index contributed by atoms with van der Waals surface area (Å²) in [6.45, 7) is 2.51. The fourth-order valence-corrected chi connectivity index (χ4v) is 1.73. The molecular formula is C12H16N2O3. The molecule has 1 heterocycles. The van der Waals surface area contributed by atoms with E-state index in [0.717, 1.165) is 6.54 Å². The molecule has 0 bridgehead atoms. The van der Waals surface area contributed by atoms with Gasteiger partial charge in [0.2, 0.25) is 0 Å². The highest BCUT2D eigenvalue weighted by Crippen LogP contribution is 2.25. The number of para-hydroxylation sites is 2. The highest BCUT2D eigenvalue weighted by molar-refractivity contribution is 5.76. The summed E-state index contributed by atoms with van der Waals surface area (Å²) < 4.78 is 10.8. The minimum Gasteiger partial charge on any atom is -0.493 e. The second-order valence-electron chi connectivity index (χ2n) is 3.72. The van der Waals surface area contributed by atoms with Crippen molar-refractivity contribution < 1.29 is 14.3 Å². The van der Waals surface area contributed by atoms with Gasteiger partial charge in [0.05, 0.1) is 13.7 Å². The molecule has 2 rings (SSSR count). The van der Waals surface area contributed by atoms with Crippen LogP contribution in [-0.2, 0) is 0 Å². The number of hydrogen-bond donors (Lipinski definition) is 1. The third-order valence-electron chi connectivity index (χ3n) is 2.63. The van der Waals surface area contributed by atoms with Crippen molar-refractivity contribution in [2.24, 2.45) is 0 Å². The predicted octanol–water partition coefficient (Wildman–Crippen LogP) is 1.10. The first-order chi connectivity index (χ1) is 8.31. The van der Waals surface area contributed by atoms with Gasteiger partial charge in [-0.3, -0.25) is 0 Å². The van der Waals surface area contributed by atoms with Crippen LogP contribution in [0.3, 0.4) is 0 Å². The standard InChI is InChI=1S/C12H16N2O3/c1-16-10-4-2-3-5-11(10)17-9-8-14-7-6-13-12(14)15/h2-5H,6-9H2,1H3,(H,13,15). The van der Waals surface area contributed by atoms with E-state index >= 15 is 0 Å². The molecule has 1 fully saturated rings. The number of carbonyl (C=O) groups excluding carboxylic acids is 1. The quantitative estimate of drug-likeness (QED) is 0.833. The molecule has 0 atom stereocenters. The highest BCUT2D eigenvalue weighted by atomic mass is 16.5. The van der Waals surface area contributed by atoms with Gasteiger partial charge in [0, 0.05) is 13.1 Å². The number of urea groups is 1. The Morgan fingerprint density at radius 2 is 2.12 bits per heavy atom. The Labute approximate surface area is 100 Å². The SMILES string of the molecule is COc1ccccc1OCCN1CCNC1=O. The topological polar surface area (TPSA) is 50.8 Å². The summed E-state index contributed by atoms with van der Waals surface area (Å²) in [5, 5.41) is 2.75. The van der Waals surface area contributed by atoms with Crippen LogP contribution in [0.4, 0.5) is 4.79 Å². The van der Waals surface area contributed by atoms with E-state index < -0.39 is 0 Å². The number of ether oxygens (including phenoxy) is 2. The third-order valence-corrected chi connectivity index (χ3v) is 2.63. The Hall–Kier alpha value is -1.91. The Morgan fingerprint density at radius 3 is 2.76 bits per heavy atom. The number of hydrogen-bond acceptors (Lipinski definition) is 3. The lowest BCUT2D eigenvalue weighted by Crippen LogP contribution is -2.31. The molecule has 1 aliphatic rings. The highest BCUT2D eigenvalue weighted by Gasteiger charge is 2.18. The van der Waals surface area contributed by atoms with Crippen LogP contribution in [0.15, 0.2) is 24.3 Å². The summed E-state index contributed by atoms with van der Waals surface area (Å²) in [7, 11) is 1.61. The van der Waals surface area contributed by atoms with Crippen molar-refractivity contribution in [1.29, 1.82) is 0 Å². The first-order valence-electron chi connectivity index (χ1n) is 5.60. The molecule has 1 aliphatic heterocycles. The number of nitrogens with zero attached hydrogens (tertiary/aromatic N) is 1. The molecule has 1 saturated heterocycles. The Bertz CT molecular complexity index is 395. The Balaban J connectivity index is 1.83. The third kappa shape index (κ3) is 2.81. The van der Waals surface area contributed by atoms with Crippen LogP contribution in [0.25, 0.3) is 0 Å². The zero-order valence-corrected chi connectivity index (χ0v) is 9.81. The van der Waals surface area contributed by atoms with Crippen molar-refractivity contribution in [3.63, 3.8) is 0 Å². The molecule has 5 heteroatoms. The van der Waals surface area contributed by atoms with Crippen LogP contribution in [0.2, 0.25) is 0 Å². The van der Waals surface area contributed by atoms with Crippen LogP contribution >= 0.6 is 0 Å². The van der Waals surface area contributed by atoms with Gasteiger partial charge in [-0.2, -0.15) is 0 Å². The maximum Gasteiger partial charge on any atom is 0.317 e. The van der Waals surface area contributed by atoms with Crippen molar-refractivity contribution in [1.82, 2.24) is 10.2 Å². The molecule has 1 N–H and O–H groups in total. The molecule has 1 aromatic carbocycles. The lowest BCUT2D eigenvalue weighted by atomic mass is 10.3. The molecule has 2 amide bonds. The van der Waals surface area contributed by atoms with Crippen LogP contribution in [0.1, 0.15) is 0 Å². The summed E-state index contributed by atoms with van der Waals surface area (Å²) in [6.07, 6.45) is 0. The van der Waals surface area contributed by atoms with Gasteiger partial charge in [-0.15, -0.1) is 0 Å². The van der Waals surface area contributed by atoms with E-state index in [0.29, 0.717) is 31.2 Å². The molecule has 0 spiro atoms. The number of methoxy groups -OCH3 is 1. The molecular weight excluding hydrogens is 220 g/mol. The Morgan fingerprint density at radius 1 is 1.35 bits per heavy atom. The lowest BCUT2D eigenvalue weighted by Gasteiger charge is -2.15. The lowest BCUT2D eigenvalue weighted by molar-refractivity contribution is 0.201. The Kier molecular flexibility index (Phi) is 3.69. The largest absolute Gasteiger partial charge is 0.493 e. The van der Waals surface area contributed by atoms with E-state index in [1.807, 2.05) is 24.3 Å². The smallest absolute Gasteiger partial charge is 0.317 e. The van der Waals surface area contributed by atoms with Gasteiger partial charge in [0.1, 0.15) is 6.61 Å². The van der Waals surface area contributed by atoms with Crippen LogP contribution < -0.4 is 14.8 Å². The summed E-state index contributed by atoms with van der Waals surface area (Å²) in [5.41, 5.74) is 0. The summed E-state index contributed by atoms with van der Waals surface area (Å²) in [5.74, 6) is 1.41. The molecule has 5 nitrogen and oxygen atoms in total. The van der Waals surface area contributed by atoms with Crippen LogP contribution in [0.5, 0.6) is 11.5 Å². The van der Waals surface area contributed by atoms with E-state index in [-0.39, 0.29) is 6.03 Å². The van der Waals surface area contributed by atoms with E-state index in [1.165, 1.54) is 0 Å². The maximum absolute atomic E-state index is 11.3. The number of rotatable bonds is 5. The number of benzene rings is 1.